The Labute approximate surface area is 187 Å². The SMILES string of the molecule is CCCCCC(CCCCC)NCc1ccc(CN2CCN(CC(C)C)CC2)cc1. The Bertz CT molecular complexity index is 522. The van der Waals surface area contributed by atoms with Gasteiger partial charge in [0, 0.05) is 51.9 Å². The zero-order valence-corrected chi connectivity index (χ0v) is 20.5. The first-order valence-electron chi connectivity index (χ1n) is 12.9. The highest BCUT2D eigenvalue weighted by Gasteiger charge is 2.17. The summed E-state index contributed by atoms with van der Waals surface area (Å²) in [5.74, 6) is 0.774. The van der Waals surface area contributed by atoms with E-state index in [0.29, 0.717) is 6.04 Å². The van der Waals surface area contributed by atoms with Crippen molar-refractivity contribution in [3.63, 3.8) is 0 Å². The van der Waals surface area contributed by atoms with Crippen LogP contribution in [0.1, 0.15) is 90.2 Å². The largest absolute Gasteiger partial charge is 0.310 e. The first-order chi connectivity index (χ1) is 14.6. The Morgan fingerprint density at radius 2 is 1.30 bits per heavy atom. The predicted octanol–water partition coefficient (Wildman–Crippen LogP) is 6.08. The minimum atomic E-state index is 0.685. The Kier molecular flexibility index (Phi) is 12.7. The first-order valence-corrected chi connectivity index (χ1v) is 12.9. The van der Waals surface area contributed by atoms with Crippen molar-refractivity contribution in [3.8, 4) is 0 Å². The lowest BCUT2D eigenvalue weighted by Crippen LogP contribution is -2.46. The van der Waals surface area contributed by atoms with E-state index in [1.807, 2.05) is 0 Å². The molecular weight excluding hydrogens is 366 g/mol. The summed E-state index contributed by atoms with van der Waals surface area (Å²) in [7, 11) is 0. The van der Waals surface area contributed by atoms with E-state index in [1.54, 1.807) is 0 Å². The van der Waals surface area contributed by atoms with E-state index in [0.717, 1.165) is 19.0 Å². The normalized spacial score (nSPS) is 16.1. The minimum Gasteiger partial charge on any atom is -0.310 e. The van der Waals surface area contributed by atoms with Crippen molar-refractivity contribution in [2.75, 3.05) is 32.7 Å². The Morgan fingerprint density at radius 1 is 0.767 bits per heavy atom. The van der Waals surface area contributed by atoms with Crippen molar-refractivity contribution in [1.29, 1.82) is 0 Å². The Hall–Kier alpha value is -0.900. The van der Waals surface area contributed by atoms with Gasteiger partial charge in [0.05, 0.1) is 0 Å². The molecule has 1 fully saturated rings. The molecule has 3 heteroatoms. The molecule has 1 aromatic rings. The van der Waals surface area contributed by atoms with Gasteiger partial charge in [-0.2, -0.15) is 0 Å². The maximum Gasteiger partial charge on any atom is 0.0234 e. The molecule has 1 aliphatic heterocycles. The summed E-state index contributed by atoms with van der Waals surface area (Å²) in [6, 6.07) is 10.1. The number of unbranched alkanes of at least 4 members (excludes halogenated alkanes) is 4. The van der Waals surface area contributed by atoms with E-state index in [9.17, 15) is 0 Å². The van der Waals surface area contributed by atoms with E-state index >= 15 is 0 Å². The summed E-state index contributed by atoms with van der Waals surface area (Å²) in [4.78, 5) is 5.23. The van der Waals surface area contributed by atoms with Crippen LogP contribution in [0.5, 0.6) is 0 Å². The molecule has 1 heterocycles. The highest BCUT2D eigenvalue weighted by atomic mass is 15.3. The zero-order valence-electron chi connectivity index (χ0n) is 20.5. The van der Waals surface area contributed by atoms with Gasteiger partial charge >= 0.3 is 0 Å². The van der Waals surface area contributed by atoms with Gasteiger partial charge in [0.1, 0.15) is 0 Å². The summed E-state index contributed by atoms with van der Waals surface area (Å²) < 4.78 is 0. The van der Waals surface area contributed by atoms with Crippen molar-refractivity contribution >= 4 is 0 Å². The Balaban J connectivity index is 1.73. The molecule has 1 aliphatic rings. The fraction of sp³-hybridized carbons (Fsp3) is 0.778. The minimum absolute atomic E-state index is 0.685. The number of piperazine rings is 1. The van der Waals surface area contributed by atoms with E-state index in [2.05, 4.69) is 67.1 Å². The number of nitrogens with zero attached hydrogens (tertiary/aromatic N) is 2. The lowest BCUT2D eigenvalue weighted by atomic mass is 10.0. The average molecular weight is 416 g/mol. The molecule has 0 aliphatic carbocycles. The molecule has 30 heavy (non-hydrogen) atoms. The molecule has 1 N–H and O–H groups in total. The van der Waals surface area contributed by atoms with Gasteiger partial charge in [-0.3, -0.25) is 4.90 Å². The van der Waals surface area contributed by atoms with Crippen LogP contribution >= 0.6 is 0 Å². The molecule has 0 bridgehead atoms. The third kappa shape index (κ3) is 10.4. The van der Waals surface area contributed by atoms with Crippen LogP contribution in [0.4, 0.5) is 0 Å². The monoisotopic (exact) mass is 415 g/mol. The van der Waals surface area contributed by atoms with Gasteiger partial charge in [-0.1, -0.05) is 90.5 Å². The van der Waals surface area contributed by atoms with Crippen LogP contribution in [-0.2, 0) is 13.1 Å². The topological polar surface area (TPSA) is 18.5 Å². The fourth-order valence-electron chi connectivity index (χ4n) is 4.56. The van der Waals surface area contributed by atoms with Gasteiger partial charge in [0.15, 0.2) is 0 Å². The number of hydrogen-bond acceptors (Lipinski definition) is 3. The van der Waals surface area contributed by atoms with E-state index in [-0.39, 0.29) is 0 Å². The molecule has 1 aromatic carbocycles. The lowest BCUT2D eigenvalue weighted by molar-refractivity contribution is 0.117. The number of hydrogen-bond donors (Lipinski definition) is 1. The molecule has 2 rings (SSSR count). The molecule has 3 nitrogen and oxygen atoms in total. The number of rotatable bonds is 15. The molecule has 0 unspecified atom stereocenters. The smallest absolute Gasteiger partial charge is 0.0234 e. The summed E-state index contributed by atoms with van der Waals surface area (Å²) in [6.45, 7) is 17.4. The molecular formula is C27H49N3. The summed E-state index contributed by atoms with van der Waals surface area (Å²) in [5.41, 5.74) is 2.88. The third-order valence-corrected chi connectivity index (χ3v) is 6.42. The predicted molar refractivity (Wildman–Crippen MR) is 132 cm³/mol. The molecule has 172 valence electrons. The van der Waals surface area contributed by atoms with Crippen LogP contribution in [0.15, 0.2) is 24.3 Å². The van der Waals surface area contributed by atoms with Crippen LogP contribution < -0.4 is 5.32 Å². The van der Waals surface area contributed by atoms with Crippen molar-refractivity contribution < 1.29 is 0 Å². The van der Waals surface area contributed by atoms with Crippen LogP contribution in [-0.4, -0.2) is 48.6 Å². The van der Waals surface area contributed by atoms with Crippen molar-refractivity contribution in [1.82, 2.24) is 15.1 Å². The van der Waals surface area contributed by atoms with Crippen LogP contribution in [0, 0.1) is 5.92 Å². The Morgan fingerprint density at radius 3 is 1.83 bits per heavy atom. The molecule has 0 amide bonds. The van der Waals surface area contributed by atoms with Gasteiger partial charge < -0.3 is 10.2 Å². The van der Waals surface area contributed by atoms with Crippen molar-refractivity contribution in [3.05, 3.63) is 35.4 Å². The van der Waals surface area contributed by atoms with Gasteiger partial charge in [-0.25, -0.2) is 0 Å². The zero-order chi connectivity index (χ0) is 21.6. The van der Waals surface area contributed by atoms with Gasteiger partial charge in [-0.05, 0) is 29.9 Å². The first kappa shape index (κ1) is 25.4. The van der Waals surface area contributed by atoms with E-state index < -0.39 is 0 Å². The lowest BCUT2D eigenvalue weighted by Gasteiger charge is -2.35. The molecule has 0 aromatic heterocycles. The second-order valence-corrected chi connectivity index (χ2v) is 9.86. The fourth-order valence-corrected chi connectivity index (χ4v) is 4.56. The quantitative estimate of drug-likeness (QED) is 0.350. The van der Waals surface area contributed by atoms with Crippen molar-refractivity contribution in [2.45, 2.75) is 98.2 Å². The standard InChI is InChI=1S/C27H49N3/c1-5-7-9-11-27(12-10-8-6-2)28-21-25-13-15-26(16-14-25)23-30-19-17-29(18-20-30)22-24(3)4/h13-16,24,27-28H,5-12,17-23H2,1-4H3. The molecule has 0 spiro atoms. The second kappa shape index (κ2) is 15.0. The van der Waals surface area contributed by atoms with Crippen LogP contribution in [0.3, 0.4) is 0 Å². The molecule has 1 saturated heterocycles. The summed E-state index contributed by atoms with van der Waals surface area (Å²) in [6.07, 6.45) is 10.8. The second-order valence-electron chi connectivity index (χ2n) is 9.86. The van der Waals surface area contributed by atoms with Crippen LogP contribution in [0.2, 0.25) is 0 Å². The average Bonchev–Trinajstić information content (AvgIpc) is 2.74. The van der Waals surface area contributed by atoms with Gasteiger partial charge in [0.2, 0.25) is 0 Å². The highest BCUT2D eigenvalue weighted by molar-refractivity contribution is 5.22. The maximum atomic E-state index is 3.86. The highest BCUT2D eigenvalue weighted by Crippen LogP contribution is 2.14. The third-order valence-electron chi connectivity index (χ3n) is 6.42. The molecule has 0 atom stereocenters. The van der Waals surface area contributed by atoms with E-state index in [1.165, 1.54) is 95.2 Å². The van der Waals surface area contributed by atoms with Crippen molar-refractivity contribution in [2.24, 2.45) is 5.92 Å². The maximum absolute atomic E-state index is 3.86. The number of nitrogens with one attached hydrogen (secondary N) is 1. The van der Waals surface area contributed by atoms with E-state index in [4.69, 9.17) is 0 Å². The summed E-state index contributed by atoms with van der Waals surface area (Å²) >= 11 is 0. The molecule has 0 radical (unpaired) electrons. The number of benzene rings is 1. The van der Waals surface area contributed by atoms with Gasteiger partial charge in [-0.15, -0.1) is 0 Å². The molecule has 0 saturated carbocycles. The van der Waals surface area contributed by atoms with Gasteiger partial charge in [0.25, 0.3) is 0 Å². The summed E-state index contributed by atoms with van der Waals surface area (Å²) in [5, 5.41) is 3.86. The van der Waals surface area contributed by atoms with Crippen LogP contribution in [0.25, 0.3) is 0 Å².